The summed E-state index contributed by atoms with van der Waals surface area (Å²) >= 11 is 1.40. The molecule has 0 amide bonds. The first-order valence-corrected chi connectivity index (χ1v) is 8.26. The first-order valence-electron chi connectivity index (χ1n) is 7.04. The number of benzene rings is 1. The van der Waals surface area contributed by atoms with Crippen molar-refractivity contribution in [2.45, 2.75) is 5.03 Å². The Hall–Kier alpha value is -3.07. The lowest BCUT2D eigenvalue weighted by Gasteiger charge is -2.05. The summed E-state index contributed by atoms with van der Waals surface area (Å²) in [5, 5.41) is 10.4. The van der Waals surface area contributed by atoms with Gasteiger partial charge in [-0.3, -0.25) is 19.8 Å². The summed E-state index contributed by atoms with van der Waals surface area (Å²) in [5.41, 5.74) is 6.63. The highest BCUT2D eigenvalue weighted by atomic mass is 32.2. The molecular weight excluding hydrogens is 328 g/mol. The van der Waals surface area contributed by atoms with Gasteiger partial charge in [0.2, 0.25) is 0 Å². The number of hydrogen-bond donors (Lipinski definition) is 3. The average Bonchev–Trinajstić information content (AvgIpc) is 2.98. The zero-order chi connectivity index (χ0) is 16.8. The number of rotatable bonds is 2. The second-order valence-electron chi connectivity index (χ2n) is 5.11. The number of nitrogens with zero attached hydrogens (tertiary/aromatic N) is 3. The Morgan fingerprint density at radius 1 is 1.08 bits per heavy atom. The number of nitrogen functional groups attached to an aromatic ring is 1. The molecule has 0 radical (unpaired) electrons. The van der Waals surface area contributed by atoms with Gasteiger partial charge in [0, 0.05) is 0 Å². The third kappa shape index (κ3) is 1.95. The van der Waals surface area contributed by atoms with Crippen LogP contribution in [0.1, 0.15) is 0 Å². The second-order valence-corrected chi connectivity index (χ2v) is 5.91. The molecule has 1 aromatic carbocycles. The molecule has 0 aliphatic rings. The zero-order valence-electron chi connectivity index (χ0n) is 12.5. The summed E-state index contributed by atoms with van der Waals surface area (Å²) < 4.78 is 1.62. The number of nitrogens with two attached hydrogens (primary N) is 1. The summed E-state index contributed by atoms with van der Waals surface area (Å²) in [7, 11) is 0. The quantitative estimate of drug-likeness (QED) is 0.472. The van der Waals surface area contributed by atoms with Crippen molar-refractivity contribution in [1.29, 1.82) is 0 Å². The van der Waals surface area contributed by atoms with Crippen LogP contribution in [-0.2, 0) is 0 Å². The molecule has 0 saturated heterocycles. The normalized spacial score (nSPS) is 11.4. The number of aromatic nitrogens is 5. The molecule has 9 heteroatoms. The Kier molecular flexibility index (Phi) is 3.17. The fraction of sp³-hybridized carbons (Fsp3) is 0.0667. The van der Waals surface area contributed by atoms with Crippen LogP contribution in [0.15, 0.2) is 44.9 Å². The van der Waals surface area contributed by atoms with E-state index in [4.69, 9.17) is 5.73 Å². The summed E-state index contributed by atoms with van der Waals surface area (Å²) in [4.78, 5) is 28.6. The fourth-order valence-corrected chi connectivity index (χ4v) is 3.23. The van der Waals surface area contributed by atoms with E-state index in [1.807, 2.05) is 36.6 Å². The highest BCUT2D eigenvalue weighted by molar-refractivity contribution is 7.98. The van der Waals surface area contributed by atoms with Crippen LogP contribution < -0.4 is 16.9 Å². The predicted molar refractivity (Wildman–Crippen MR) is 93.8 cm³/mol. The minimum Gasteiger partial charge on any atom is -0.397 e. The standard InChI is InChI=1S/C15H12N6O2S/c1-24-15-9-10(16)8-11(14(23)19-18-13(8)22)17-12(9)21(20-15)7-5-3-2-4-6-7/h2-6H,1H3,(H2,16,17)(H,18,22)(H,19,23). The van der Waals surface area contributed by atoms with Gasteiger partial charge in [0.15, 0.2) is 5.65 Å². The van der Waals surface area contributed by atoms with Gasteiger partial charge in [0.1, 0.15) is 10.5 Å². The van der Waals surface area contributed by atoms with E-state index in [0.717, 1.165) is 5.69 Å². The van der Waals surface area contributed by atoms with Crippen molar-refractivity contribution in [2.24, 2.45) is 0 Å². The smallest absolute Gasteiger partial charge is 0.289 e. The number of hydrogen-bond acceptors (Lipinski definition) is 6. The molecule has 0 atom stereocenters. The van der Waals surface area contributed by atoms with Crippen molar-refractivity contribution >= 4 is 39.4 Å². The number of aromatic amines is 2. The Bertz CT molecular complexity index is 1190. The van der Waals surface area contributed by atoms with Crippen LogP contribution in [0.25, 0.3) is 27.6 Å². The van der Waals surface area contributed by atoms with E-state index in [2.05, 4.69) is 20.3 Å². The Morgan fingerprint density at radius 2 is 1.79 bits per heavy atom. The maximum absolute atomic E-state index is 12.1. The second kappa shape index (κ2) is 5.24. The van der Waals surface area contributed by atoms with Gasteiger partial charge in [-0.25, -0.2) is 9.67 Å². The van der Waals surface area contributed by atoms with Crippen molar-refractivity contribution in [1.82, 2.24) is 25.0 Å². The van der Waals surface area contributed by atoms with Crippen molar-refractivity contribution in [3.63, 3.8) is 0 Å². The van der Waals surface area contributed by atoms with E-state index in [1.54, 1.807) is 4.68 Å². The van der Waals surface area contributed by atoms with E-state index in [-0.39, 0.29) is 16.6 Å². The molecule has 120 valence electrons. The molecule has 0 bridgehead atoms. The Labute approximate surface area is 138 Å². The number of nitrogens with one attached hydrogen (secondary N) is 2. The van der Waals surface area contributed by atoms with Gasteiger partial charge >= 0.3 is 0 Å². The molecule has 0 aliphatic carbocycles. The van der Waals surface area contributed by atoms with Crippen molar-refractivity contribution in [3.8, 4) is 5.69 Å². The molecule has 0 saturated carbocycles. The van der Waals surface area contributed by atoms with E-state index in [0.29, 0.717) is 16.1 Å². The largest absolute Gasteiger partial charge is 0.397 e. The highest BCUT2D eigenvalue weighted by Crippen LogP contribution is 2.33. The average molecular weight is 340 g/mol. The third-order valence-corrected chi connectivity index (χ3v) is 4.42. The van der Waals surface area contributed by atoms with Gasteiger partial charge in [-0.05, 0) is 18.4 Å². The molecule has 24 heavy (non-hydrogen) atoms. The van der Waals surface area contributed by atoms with Gasteiger partial charge < -0.3 is 5.73 Å². The van der Waals surface area contributed by atoms with Crippen LogP contribution in [-0.4, -0.2) is 31.2 Å². The summed E-state index contributed by atoms with van der Waals surface area (Å²) in [5.74, 6) is 0. The fourth-order valence-electron chi connectivity index (χ4n) is 2.66. The number of H-pyrrole nitrogens is 2. The number of anilines is 1. The molecular formula is C15H12N6O2S. The maximum Gasteiger partial charge on any atom is 0.289 e. The molecule has 3 heterocycles. The molecule has 0 spiro atoms. The molecule has 4 rings (SSSR count). The molecule has 0 unspecified atom stereocenters. The molecule has 8 nitrogen and oxygen atoms in total. The van der Waals surface area contributed by atoms with Gasteiger partial charge in [0.25, 0.3) is 11.1 Å². The van der Waals surface area contributed by atoms with Gasteiger partial charge in [0.05, 0.1) is 22.1 Å². The molecule has 3 aromatic heterocycles. The van der Waals surface area contributed by atoms with E-state index in [9.17, 15) is 9.59 Å². The van der Waals surface area contributed by atoms with Crippen LogP contribution in [0.5, 0.6) is 0 Å². The Balaban J connectivity index is 2.25. The van der Waals surface area contributed by atoms with Gasteiger partial charge in [-0.15, -0.1) is 11.8 Å². The van der Waals surface area contributed by atoms with E-state index >= 15 is 0 Å². The van der Waals surface area contributed by atoms with Crippen molar-refractivity contribution in [2.75, 3.05) is 12.0 Å². The van der Waals surface area contributed by atoms with Gasteiger partial charge in [-0.1, -0.05) is 18.2 Å². The number of fused-ring (bicyclic) bond motifs is 2. The Morgan fingerprint density at radius 3 is 2.50 bits per heavy atom. The SMILES string of the molecule is CSc1nn(-c2ccccc2)c2nc3c(=O)[nH][nH]c(=O)c3c(N)c12. The van der Waals surface area contributed by atoms with Crippen LogP contribution in [0.2, 0.25) is 0 Å². The topological polar surface area (TPSA) is 122 Å². The first kappa shape index (κ1) is 14.5. The van der Waals surface area contributed by atoms with E-state index < -0.39 is 11.1 Å². The lowest BCUT2D eigenvalue weighted by atomic mass is 10.2. The highest BCUT2D eigenvalue weighted by Gasteiger charge is 2.20. The first-order chi connectivity index (χ1) is 11.6. The van der Waals surface area contributed by atoms with Crippen molar-refractivity contribution in [3.05, 3.63) is 51.0 Å². The van der Waals surface area contributed by atoms with Crippen LogP contribution >= 0.6 is 11.8 Å². The van der Waals surface area contributed by atoms with Crippen LogP contribution in [0.4, 0.5) is 5.69 Å². The molecule has 0 aliphatic heterocycles. The monoisotopic (exact) mass is 340 g/mol. The van der Waals surface area contributed by atoms with Gasteiger partial charge in [-0.2, -0.15) is 5.10 Å². The van der Waals surface area contributed by atoms with E-state index in [1.165, 1.54) is 11.8 Å². The predicted octanol–water partition coefficient (Wildman–Crippen LogP) is 1.25. The lowest BCUT2D eigenvalue weighted by Crippen LogP contribution is -2.21. The molecule has 4 aromatic rings. The number of pyridine rings is 1. The number of para-hydroxylation sites is 1. The maximum atomic E-state index is 12.1. The van der Waals surface area contributed by atoms with Crippen LogP contribution in [0, 0.1) is 0 Å². The lowest BCUT2D eigenvalue weighted by molar-refractivity contribution is 0.853. The molecule has 0 fully saturated rings. The zero-order valence-corrected chi connectivity index (χ0v) is 13.3. The molecule has 4 N–H and O–H groups in total. The summed E-state index contributed by atoms with van der Waals surface area (Å²) in [6.45, 7) is 0. The minimum atomic E-state index is -0.510. The third-order valence-electron chi connectivity index (χ3n) is 3.75. The van der Waals surface area contributed by atoms with Crippen molar-refractivity contribution < 1.29 is 0 Å². The number of thioether (sulfide) groups is 1. The summed E-state index contributed by atoms with van der Waals surface area (Å²) in [6.07, 6.45) is 1.86. The minimum absolute atomic E-state index is 0.00603. The van der Waals surface area contributed by atoms with Crippen LogP contribution in [0.3, 0.4) is 0 Å². The summed E-state index contributed by atoms with van der Waals surface area (Å²) in [6, 6.07) is 9.40.